The monoisotopic (exact) mass is 246 g/mol. The first kappa shape index (κ1) is 12.3. The third-order valence-electron chi connectivity index (χ3n) is 3.09. The zero-order valence-corrected chi connectivity index (χ0v) is 10.3. The minimum atomic E-state index is -0.194. The molecule has 0 saturated carbocycles. The Bertz CT molecular complexity index is 691. The molecule has 0 atom stereocenters. The molecule has 0 aliphatic carbocycles. The van der Waals surface area contributed by atoms with Crippen molar-refractivity contribution in [3.05, 3.63) is 33.4 Å². The lowest BCUT2D eigenvalue weighted by atomic mass is 10.2. The maximum atomic E-state index is 12.2. The van der Waals surface area contributed by atoms with Crippen LogP contribution in [0.25, 0.3) is 5.65 Å². The highest BCUT2D eigenvalue weighted by molar-refractivity contribution is 5.56. The molecule has 0 saturated heterocycles. The van der Waals surface area contributed by atoms with Crippen LogP contribution in [0.1, 0.15) is 23.7 Å². The molecule has 0 aromatic carbocycles. The summed E-state index contributed by atoms with van der Waals surface area (Å²) in [5.41, 5.74) is 2.03. The van der Waals surface area contributed by atoms with Crippen LogP contribution in [0.4, 0.5) is 0 Å². The Labute approximate surface area is 104 Å². The Morgan fingerprint density at radius 3 is 2.83 bits per heavy atom. The third kappa shape index (κ3) is 1.60. The number of aliphatic hydroxyl groups is 1. The normalized spacial score (nSPS) is 10.8. The van der Waals surface area contributed by atoms with Gasteiger partial charge in [-0.05, 0) is 13.3 Å². The molecule has 6 nitrogen and oxygen atoms in total. The van der Waals surface area contributed by atoms with E-state index in [4.69, 9.17) is 10.4 Å². The average molecular weight is 246 g/mol. The second kappa shape index (κ2) is 4.63. The predicted molar refractivity (Wildman–Crippen MR) is 65.4 cm³/mol. The van der Waals surface area contributed by atoms with Crippen molar-refractivity contribution in [1.29, 1.82) is 5.26 Å². The number of nitriles is 1. The number of hydrogen-bond acceptors (Lipinski definition) is 4. The summed E-state index contributed by atoms with van der Waals surface area (Å²) in [6, 6.07) is 2.02. The quantitative estimate of drug-likeness (QED) is 0.840. The van der Waals surface area contributed by atoms with Gasteiger partial charge in [0.1, 0.15) is 11.6 Å². The van der Waals surface area contributed by atoms with E-state index in [2.05, 4.69) is 5.10 Å². The van der Waals surface area contributed by atoms with Crippen molar-refractivity contribution in [3.8, 4) is 6.07 Å². The van der Waals surface area contributed by atoms with E-state index in [0.717, 1.165) is 5.69 Å². The SMILES string of the molecule is CCc1c(C)n(CCO)c2c(C#N)cnn2c1=O. The molecule has 2 aromatic heterocycles. The molecule has 0 radical (unpaired) electrons. The molecule has 2 rings (SSSR count). The second-order valence-electron chi connectivity index (χ2n) is 4.00. The van der Waals surface area contributed by atoms with Crippen molar-refractivity contribution in [2.24, 2.45) is 0 Å². The molecule has 2 heterocycles. The second-order valence-corrected chi connectivity index (χ2v) is 4.00. The van der Waals surface area contributed by atoms with Crippen LogP contribution < -0.4 is 5.56 Å². The van der Waals surface area contributed by atoms with Crippen molar-refractivity contribution < 1.29 is 5.11 Å². The van der Waals surface area contributed by atoms with Crippen LogP contribution in [0.2, 0.25) is 0 Å². The van der Waals surface area contributed by atoms with Gasteiger partial charge in [-0.2, -0.15) is 14.9 Å². The smallest absolute Gasteiger partial charge is 0.277 e. The van der Waals surface area contributed by atoms with Crippen molar-refractivity contribution in [3.63, 3.8) is 0 Å². The summed E-state index contributed by atoms with van der Waals surface area (Å²) in [6.45, 7) is 4.00. The standard InChI is InChI=1S/C12H14N4O2/c1-3-10-8(2)15(4-5-17)11-9(6-13)7-14-16(11)12(10)18/h7,17H,3-5H2,1-2H3. The zero-order chi connectivity index (χ0) is 13.3. The van der Waals surface area contributed by atoms with E-state index in [9.17, 15) is 4.79 Å². The summed E-state index contributed by atoms with van der Waals surface area (Å²) >= 11 is 0. The molecule has 0 spiro atoms. The molecule has 18 heavy (non-hydrogen) atoms. The third-order valence-corrected chi connectivity index (χ3v) is 3.09. The Morgan fingerprint density at radius 1 is 1.56 bits per heavy atom. The van der Waals surface area contributed by atoms with Gasteiger partial charge in [0, 0.05) is 17.8 Å². The van der Waals surface area contributed by atoms with Crippen LogP contribution in [0, 0.1) is 18.3 Å². The predicted octanol–water partition coefficient (Wildman–Crippen LogP) is 0.231. The van der Waals surface area contributed by atoms with Gasteiger partial charge in [-0.3, -0.25) is 4.79 Å². The summed E-state index contributed by atoms with van der Waals surface area (Å²) in [5.74, 6) is 0. The lowest BCUT2D eigenvalue weighted by Crippen LogP contribution is -2.26. The number of aliphatic hydroxyl groups excluding tert-OH is 1. The van der Waals surface area contributed by atoms with Gasteiger partial charge in [-0.1, -0.05) is 6.92 Å². The van der Waals surface area contributed by atoms with Gasteiger partial charge in [0.25, 0.3) is 5.56 Å². The highest BCUT2D eigenvalue weighted by atomic mass is 16.3. The minimum absolute atomic E-state index is 0.0570. The summed E-state index contributed by atoms with van der Waals surface area (Å²) in [6.07, 6.45) is 1.97. The van der Waals surface area contributed by atoms with Crippen molar-refractivity contribution in [1.82, 2.24) is 14.2 Å². The van der Waals surface area contributed by atoms with Crippen LogP contribution in [0.15, 0.2) is 11.0 Å². The van der Waals surface area contributed by atoms with E-state index in [1.807, 2.05) is 19.9 Å². The lowest BCUT2D eigenvalue weighted by Gasteiger charge is -2.14. The number of fused-ring (bicyclic) bond motifs is 1. The van der Waals surface area contributed by atoms with E-state index < -0.39 is 0 Å². The number of aromatic nitrogens is 3. The van der Waals surface area contributed by atoms with E-state index in [-0.39, 0.29) is 12.2 Å². The van der Waals surface area contributed by atoms with E-state index in [0.29, 0.717) is 29.7 Å². The molecule has 6 heteroatoms. The summed E-state index contributed by atoms with van der Waals surface area (Å²) in [7, 11) is 0. The van der Waals surface area contributed by atoms with Gasteiger partial charge >= 0.3 is 0 Å². The number of hydrogen-bond donors (Lipinski definition) is 1. The molecule has 0 fully saturated rings. The van der Waals surface area contributed by atoms with E-state index in [1.165, 1.54) is 10.7 Å². The van der Waals surface area contributed by atoms with Crippen molar-refractivity contribution >= 4 is 5.65 Å². The van der Waals surface area contributed by atoms with Crippen LogP contribution in [0.5, 0.6) is 0 Å². The van der Waals surface area contributed by atoms with Gasteiger partial charge < -0.3 is 9.67 Å². The Kier molecular flexibility index (Phi) is 3.17. The maximum Gasteiger partial charge on any atom is 0.277 e. The molecule has 0 bridgehead atoms. The molecule has 94 valence electrons. The van der Waals surface area contributed by atoms with Gasteiger partial charge in [0.15, 0.2) is 5.65 Å². The Balaban J connectivity index is 2.97. The van der Waals surface area contributed by atoms with Crippen LogP contribution in [-0.4, -0.2) is 25.9 Å². The fourth-order valence-electron chi connectivity index (χ4n) is 2.21. The Hall–Kier alpha value is -2.13. The van der Waals surface area contributed by atoms with Gasteiger partial charge in [-0.15, -0.1) is 0 Å². The minimum Gasteiger partial charge on any atom is -0.395 e. The highest BCUT2D eigenvalue weighted by Crippen LogP contribution is 2.13. The van der Waals surface area contributed by atoms with E-state index >= 15 is 0 Å². The van der Waals surface area contributed by atoms with Crippen LogP contribution in [0.3, 0.4) is 0 Å². The molecule has 0 amide bonds. The maximum absolute atomic E-state index is 12.2. The van der Waals surface area contributed by atoms with Gasteiger partial charge in [-0.25, -0.2) is 0 Å². The molecular formula is C12H14N4O2. The fraction of sp³-hybridized carbons (Fsp3) is 0.417. The zero-order valence-electron chi connectivity index (χ0n) is 10.3. The first-order valence-electron chi connectivity index (χ1n) is 5.76. The highest BCUT2D eigenvalue weighted by Gasteiger charge is 2.16. The number of nitrogens with zero attached hydrogens (tertiary/aromatic N) is 4. The largest absolute Gasteiger partial charge is 0.395 e. The lowest BCUT2D eigenvalue weighted by molar-refractivity contribution is 0.275. The molecule has 0 aliphatic heterocycles. The van der Waals surface area contributed by atoms with Gasteiger partial charge in [0.05, 0.1) is 12.8 Å². The molecule has 1 N–H and O–H groups in total. The van der Waals surface area contributed by atoms with Crippen molar-refractivity contribution in [2.45, 2.75) is 26.8 Å². The fourth-order valence-corrected chi connectivity index (χ4v) is 2.21. The van der Waals surface area contributed by atoms with E-state index in [1.54, 1.807) is 4.57 Å². The van der Waals surface area contributed by atoms with Crippen LogP contribution >= 0.6 is 0 Å². The molecule has 0 unspecified atom stereocenters. The molecule has 2 aromatic rings. The first-order chi connectivity index (χ1) is 8.65. The topological polar surface area (TPSA) is 83.3 Å². The van der Waals surface area contributed by atoms with Crippen molar-refractivity contribution in [2.75, 3.05) is 6.61 Å². The van der Waals surface area contributed by atoms with Gasteiger partial charge in [0.2, 0.25) is 0 Å². The summed E-state index contributed by atoms with van der Waals surface area (Å²) < 4.78 is 3.01. The molecule has 0 aliphatic rings. The Morgan fingerprint density at radius 2 is 2.28 bits per heavy atom. The summed E-state index contributed by atoms with van der Waals surface area (Å²) in [4.78, 5) is 12.2. The first-order valence-corrected chi connectivity index (χ1v) is 5.76. The average Bonchev–Trinajstić information content (AvgIpc) is 2.79. The number of rotatable bonds is 3. The molecular weight excluding hydrogens is 232 g/mol. The van der Waals surface area contributed by atoms with Crippen LogP contribution in [-0.2, 0) is 13.0 Å². The summed E-state index contributed by atoms with van der Waals surface area (Å²) in [5, 5.41) is 22.1.